The van der Waals surface area contributed by atoms with Crippen molar-refractivity contribution in [2.75, 3.05) is 0 Å². The van der Waals surface area contributed by atoms with Gasteiger partial charge in [-0.2, -0.15) is 13.2 Å². The normalized spacial score (nSPS) is 14.2. The largest absolute Gasteiger partial charge is 0.416 e. The van der Waals surface area contributed by atoms with E-state index in [2.05, 4.69) is 15.9 Å². The van der Waals surface area contributed by atoms with Gasteiger partial charge in [0.05, 0.1) is 10.4 Å². The van der Waals surface area contributed by atoms with Crippen LogP contribution in [-0.2, 0) is 17.4 Å². The quantitative estimate of drug-likeness (QED) is 0.661. The Balaban J connectivity index is 3.07. The third-order valence-electron chi connectivity index (χ3n) is 2.80. The molecule has 1 aromatic rings. The molecule has 0 heterocycles. The number of carbonyl (C=O) groups excluding carboxylic acids is 1. The first-order chi connectivity index (χ1) is 8.93. The molecule has 1 rings (SSSR count). The molecule has 0 aliphatic rings. The number of benzene rings is 1. The average Bonchev–Trinajstić information content (AvgIpc) is 2.27. The smallest absolute Gasteiger partial charge is 0.298 e. The van der Waals surface area contributed by atoms with E-state index in [0.29, 0.717) is 0 Å². The van der Waals surface area contributed by atoms with Gasteiger partial charge in [-0.1, -0.05) is 54.4 Å². The number of Topliss-reactive ketones (excluding diaryl/α,β-unsaturated/α-hetero) is 1. The van der Waals surface area contributed by atoms with Crippen molar-refractivity contribution in [1.29, 1.82) is 0 Å². The third-order valence-corrected chi connectivity index (χ3v) is 3.77. The molecule has 1 aromatic carbocycles. The molecule has 1 atom stereocenters. The van der Waals surface area contributed by atoms with Crippen molar-refractivity contribution in [2.45, 2.75) is 38.2 Å². The number of carbonyl (C=O) groups is 1. The molecule has 0 spiro atoms. The zero-order chi connectivity index (χ0) is 15.7. The summed E-state index contributed by atoms with van der Waals surface area (Å²) in [6, 6.07) is 3.60. The zero-order valence-electron chi connectivity index (χ0n) is 11.3. The molecule has 0 radical (unpaired) electrons. The van der Waals surface area contributed by atoms with E-state index in [9.17, 15) is 18.0 Å². The van der Waals surface area contributed by atoms with Gasteiger partial charge in [-0.25, -0.2) is 0 Å². The van der Waals surface area contributed by atoms with Gasteiger partial charge < -0.3 is 0 Å². The Morgan fingerprint density at radius 1 is 1.30 bits per heavy atom. The maximum Gasteiger partial charge on any atom is 0.416 e. The molecule has 0 bridgehead atoms. The Bertz CT molecular complexity index is 506. The predicted molar refractivity (Wildman–Crippen MR) is 77.3 cm³/mol. The lowest BCUT2D eigenvalue weighted by molar-refractivity contribution is -0.138. The fraction of sp³-hybridized carbons (Fsp3) is 0.500. The topological polar surface area (TPSA) is 17.1 Å². The van der Waals surface area contributed by atoms with Crippen LogP contribution in [0.1, 0.15) is 31.9 Å². The van der Waals surface area contributed by atoms with Crippen LogP contribution in [0, 0.1) is 5.41 Å². The Morgan fingerprint density at radius 2 is 1.85 bits per heavy atom. The van der Waals surface area contributed by atoms with Crippen LogP contribution in [0.4, 0.5) is 13.2 Å². The fourth-order valence-electron chi connectivity index (χ4n) is 1.75. The van der Waals surface area contributed by atoms with Crippen LogP contribution >= 0.6 is 27.5 Å². The molecule has 0 N–H and O–H groups in total. The second kappa shape index (κ2) is 6.06. The van der Waals surface area contributed by atoms with Crippen molar-refractivity contribution in [3.8, 4) is 0 Å². The minimum absolute atomic E-state index is 0.0225. The van der Waals surface area contributed by atoms with E-state index >= 15 is 0 Å². The SMILES string of the molecule is CC(C)(C)C(=O)C(Br)Cc1ccc(Cl)cc1C(F)(F)F. The lowest BCUT2D eigenvalue weighted by Gasteiger charge is -2.22. The summed E-state index contributed by atoms with van der Waals surface area (Å²) in [6.45, 7) is 5.20. The molecular formula is C14H15BrClF3O. The van der Waals surface area contributed by atoms with Crippen molar-refractivity contribution in [2.24, 2.45) is 5.41 Å². The van der Waals surface area contributed by atoms with Crippen molar-refractivity contribution in [3.63, 3.8) is 0 Å². The van der Waals surface area contributed by atoms with Crippen LogP contribution in [0.15, 0.2) is 18.2 Å². The first-order valence-corrected chi connectivity index (χ1v) is 7.26. The zero-order valence-corrected chi connectivity index (χ0v) is 13.7. The van der Waals surface area contributed by atoms with E-state index in [4.69, 9.17) is 11.6 Å². The Labute approximate surface area is 129 Å². The number of rotatable bonds is 3. The number of ketones is 1. The van der Waals surface area contributed by atoms with Gasteiger partial charge in [-0.05, 0) is 24.1 Å². The van der Waals surface area contributed by atoms with Crippen LogP contribution in [0.3, 0.4) is 0 Å². The summed E-state index contributed by atoms with van der Waals surface area (Å²) in [6.07, 6.45) is -4.51. The van der Waals surface area contributed by atoms with Crippen molar-refractivity contribution in [1.82, 2.24) is 0 Å². The molecule has 0 saturated heterocycles. The van der Waals surface area contributed by atoms with E-state index < -0.39 is 22.0 Å². The molecule has 20 heavy (non-hydrogen) atoms. The van der Waals surface area contributed by atoms with Gasteiger partial charge in [0, 0.05) is 10.4 Å². The van der Waals surface area contributed by atoms with Crippen LogP contribution in [0.2, 0.25) is 5.02 Å². The highest BCUT2D eigenvalue weighted by molar-refractivity contribution is 9.10. The average molecular weight is 372 g/mol. The molecule has 112 valence electrons. The van der Waals surface area contributed by atoms with E-state index in [1.807, 2.05) is 0 Å². The van der Waals surface area contributed by atoms with Gasteiger partial charge >= 0.3 is 6.18 Å². The third kappa shape index (κ3) is 4.48. The van der Waals surface area contributed by atoms with E-state index in [1.165, 1.54) is 12.1 Å². The maximum atomic E-state index is 13.0. The van der Waals surface area contributed by atoms with Crippen molar-refractivity contribution in [3.05, 3.63) is 34.3 Å². The Hall–Kier alpha value is -0.550. The summed E-state index contributed by atoms with van der Waals surface area (Å²) in [5, 5.41) is 0.0225. The second-order valence-corrected chi connectivity index (χ2v) is 7.13. The van der Waals surface area contributed by atoms with Gasteiger partial charge in [0.15, 0.2) is 5.78 Å². The van der Waals surface area contributed by atoms with E-state index in [0.717, 1.165) is 6.07 Å². The van der Waals surface area contributed by atoms with Gasteiger partial charge in [-0.3, -0.25) is 4.79 Å². The predicted octanol–water partition coefficient (Wildman–Crippen LogP) is 5.28. The van der Waals surface area contributed by atoms with E-state index in [1.54, 1.807) is 20.8 Å². The number of halogens is 5. The summed E-state index contributed by atoms with van der Waals surface area (Å²) in [5.74, 6) is -0.138. The first kappa shape index (κ1) is 17.5. The van der Waals surface area contributed by atoms with Crippen LogP contribution in [-0.4, -0.2) is 10.6 Å². The lowest BCUT2D eigenvalue weighted by atomic mass is 9.87. The van der Waals surface area contributed by atoms with Gasteiger partial charge in [-0.15, -0.1) is 0 Å². The lowest BCUT2D eigenvalue weighted by Crippen LogP contribution is -2.30. The van der Waals surface area contributed by atoms with Gasteiger partial charge in [0.25, 0.3) is 0 Å². The summed E-state index contributed by atoms with van der Waals surface area (Å²) in [4.78, 5) is 11.4. The molecular weight excluding hydrogens is 357 g/mol. The van der Waals surface area contributed by atoms with Gasteiger partial charge in [0.1, 0.15) is 0 Å². The van der Waals surface area contributed by atoms with Crippen molar-refractivity contribution < 1.29 is 18.0 Å². The molecule has 1 nitrogen and oxygen atoms in total. The highest BCUT2D eigenvalue weighted by Crippen LogP contribution is 2.35. The summed E-state index contributed by atoms with van der Waals surface area (Å²) in [5.41, 5.74) is -1.35. The highest BCUT2D eigenvalue weighted by Gasteiger charge is 2.35. The molecule has 6 heteroatoms. The molecule has 1 unspecified atom stereocenters. The standard InChI is InChI=1S/C14H15BrClF3O/c1-13(2,3)12(20)11(15)6-8-4-5-9(16)7-10(8)14(17,18)19/h4-5,7,11H,6H2,1-3H3. The van der Waals surface area contributed by atoms with Crippen molar-refractivity contribution >= 4 is 33.3 Å². The molecule has 0 aliphatic heterocycles. The molecule has 0 aromatic heterocycles. The van der Waals surface area contributed by atoms with Gasteiger partial charge in [0.2, 0.25) is 0 Å². The van der Waals surface area contributed by atoms with Crippen LogP contribution < -0.4 is 0 Å². The monoisotopic (exact) mass is 370 g/mol. The molecule has 0 amide bonds. The minimum Gasteiger partial charge on any atom is -0.298 e. The fourth-order valence-corrected chi connectivity index (χ4v) is 2.95. The number of alkyl halides is 4. The summed E-state index contributed by atoms with van der Waals surface area (Å²) in [7, 11) is 0. The van der Waals surface area contributed by atoms with E-state index in [-0.39, 0.29) is 22.8 Å². The maximum absolute atomic E-state index is 13.0. The minimum atomic E-state index is -4.49. The van der Waals surface area contributed by atoms with Crippen LogP contribution in [0.5, 0.6) is 0 Å². The highest BCUT2D eigenvalue weighted by atomic mass is 79.9. The Morgan fingerprint density at radius 3 is 2.30 bits per heavy atom. The Kier molecular flexibility index (Phi) is 5.30. The number of hydrogen-bond donors (Lipinski definition) is 0. The second-order valence-electron chi connectivity index (χ2n) is 5.59. The molecule has 0 saturated carbocycles. The molecule has 0 fully saturated rings. The number of hydrogen-bond acceptors (Lipinski definition) is 1. The summed E-state index contributed by atoms with van der Waals surface area (Å²) < 4.78 is 38.9. The molecule has 0 aliphatic carbocycles. The first-order valence-electron chi connectivity index (χ1n) is 5.97. The van der Waals surface area contributed by atoms with Crippen LogP contribution in [0.25, 0.3) is 0 Å². The summed E-state index contributed by atoms with van der Waals surface area (Å²) >= 11 is 8.80.